The van der Waals surface area contributed by atoms with E-state index in [2.05, 4.69) is 27.0 Å². The maximum atomic E-state index is 12.6. The molecule has 8 atom stereocenters. The van der Waals surface area contributed by atoms with E-state index in [-0.39, 0.29) is 29.8 Å². The van der Waals surface area contributed by atoms with Crippen LogP contribution in [0.25, 0.3) is 0 Å². The number of carbonyl (C=O) groups is 3. The highest BCUT2D eigenvalue weighted by Crippen LogP contribution is 2.67. The van der Waals surface area contributed by atoms with Gasteiger partial charge in [-0.05, 0) is 55.4 Å². The quantitative estimate of drug-likeness (QED) is 0.172. The molecule has 0 N–H and O–H groups in total. The van der Waals surface area contributed by atoms with Crippen LogP contribution in [0.1, 0.15) is 73.1 Å². The summed E-state index contributed by atoms with van der Waals surface area (Å²) in [5, 5.41) is 0. The fourth-order valence-electron chi connectivity index (χ4n) is 6.72. The molecule has 1 saturated heterocycles. The summed E-state index contributed by atoms with van der Waals surface area (Å²) in [5.41, 5.74) is 0.344. The zero-order valence-corrected chi connectivity index (χ0v) is 23.0. The van der Waals surface area contributed by atoms with Crippen LogP contribution < -0.4 is 0 Å². The monoisotopic (exact) mass is 518 g/mol. The summed E-state index contributed by atoms with van der Waals surface area (Å²) >= 11 is 0. The third-order valence-corrected chi connectivity index (χ3v) is 8.66. The highest BCUT2D eigenvalue weighted by atomic mass is 16.8. The molecule has 0 amide bonds. The first kappa shape index (κ1) is 29.1. The molecule has 37 heavy (non-hydrogen) atoms. The van der Waals surface area contributed by atoms with E-state index in [4.69, 9.17) is 23.7 Å². The van der Waals surface area contributed by atoms with E-state index < -0.39 is 42.0 Å². The molecule has 2 aliphatic carbocycles. The lowest BCUT2D eigenvalue weighted by Gasteiger charge is -2.61. The molecule has 0 aromatic rings. The van der Waals surface area contributed by atoms with Crippen molar-refractivity contribution < 1.29 is 38.1 Å². The van der Waals surface area contributed by atoms with Gasteiger partial charge >= 0.3 is 17.9 Å². The van der Waals surface area contributed by atoms with Crippen LogP contribution in [0.15, 0.2) is 36.5 Å². The lowest BCUT2D eigenvalue weighted by molar-refractivity contribution is -0.258. The number of ether oxygens (including phenoxy) is 5. The maximum absolute atomic E-state index is 12.6. The third kappa shape index (κ3) is 5.41. The fourth-order valence-corrected chi connectivity index (χ4v) is 6.72. The average molecular weight is 519 g/mol. The van der Waals surface area contributed by atoms with Crippen molar-refractivity contribution in [2.24, 2.45) is 22.7 Å². The van der Waals surface area contributed by atoms with Gasteiger partial charge in [-0.15, -0.1) is 0 Å². The fraction of sp³-hybridized carbons (Fsp3) is 0.690. The Bertz CT molecular complexity index is 954. The van der Waals surface area contributed by atoms with Crippen molar-refractivity contribution in [3.05, 3.63) is 36.5 Å². The Morgan fingerprint density at radius 1 is 1.14 bits per heavy atom. The van der Waals surface area contributed by atoms with Gasteiger partial charge in [-0.1, -0.05) is 45.6 Å². The van der Waals surface area contributed by atoms with Gasteiger partial charge < -0.3 is 18.9 Å². The largest absolute Gasteiger partial charge is 0.458 e. The first-order chi connectivity index (χ1) is 17.4. The van der Waals surface area contributed by atoms with Crippen LogP contribution in [0, 0.1) is 22.7 Å². The Morgan fingerprint density at radius 3 is 2.38 bits per heavy atom. The second-order valence-corrected chi connectivity index (χ2v) is 10.9. The second kappa shape index (κ2) is 11.5. The van der Waals surface area contributed by atoms with E-state index >= 15 is 0 Å². The molecule has 3 rings (SSSR count). The molecule has 1 saturated carbocycles. The number of rotatable bonds is 10. The summed E-state index contributed by atoms with van der Waals surface area (Å²) < 4.78 is 29.7. The predicted molar refractivity (Wildman–Crippen MR) is 137 cm³/mol. The number of allylic oxidation sites excluding steroid dienone is 2. The Balaban J connectivity index is 2.22. The minimum absolute atomic E-state index is 0.185. The lowest BCUT2D eigenvalue weighted by Crippen LogP contribution is -2.63. The highest BCUT2D eigenvalue weighted by Gasteiger charge is 2.71. The van der Waals surface area contributed by atoms with E-state index in [0.717, 1.165) is 18.4 Å². The van der Waals surface area contributed by atoms with Crippen LogP contribution in [0.2, 0.25) is 0 Å². The summed E-state index contributed by atoms with van der Waals surface area (Å²) in [6.45, 7) is 17.0. The van der Waals surface area contributed by atoms with Crippen molar-refractivity contribution in [1.82, 2.24) is 0 Å². The Labute approximate surface area is 220 Å². The van der Waals surface area contributed by atoms with Gasteiger partial charge in [-0.25, -0.2) is 0 Å². The van der Waals surface area contributed by atoms with Gasteiger partial charge in [-0.2, -0.15) is 0 Å². The zero-order valence-electron chi connectivity index (χ0n) is 23.0. The summed E-state index contributed by atoms with van der Waals surface area (Å²) in [4.78, 5) is 36.9. The number of esters is 3. The SMILES string of the molecule is C=CC(=C)CC[C@]1(C)[C@H](C)C[C@H](OC)C23C(=C[C@@H](OC(C)=O)C[C@H]21)[C@@H](OC(=O)CCC)O[C@@H]3OC(C)=O. The highest BCUT2D eigenvalue weighted by molar-refractivity contribution is 5.70. The molecule has 206 valence electrons. The second-order valence-electron chi connectivity index (χ2n) is 10.9. The zero-order chi connectivity index (χ0) is 27.5. The Morgan fingerprint density at radius 2 is 1.81 bits per heavy atom. The molecule has 2 fully saturated rings. The van der Waals surface area contributed by atoms with Crippen LogP contribution in [-0.4, -0.2) is 49.8 Å². The van der Waals surface area contributed by atoms with E-state index in [1.807, 2.05) is 13.0 Å². The molecule has 1 unspecified atom stereocenters. The smallest absolute Gasteiger partial charge is 0.308 e. The molecule has 1 aliphatic heterocycles. The molecule has 0 radical (unpaired) electrons. The van der Waals surface area contributed by atoms with Crippen LogP contribution >= 0.6 is 0 Å². The van der Waals surface area contributed by atoms with Gasteiger partial charge in [-0.3, -0.25) is 19.1 Å². The number of carbonyl (C=O) groups excluding carboxylic acids is 3. The predicted octanol–water partition coefficient (Wildman–Crippen LogP) is 5.02. The van der Waals surface area contributed by atoms with Crippen molar-refractivity contribution in [3.63, 3.8) is 0 Å². The van der Waals surface area contributed by atoms with E-state index in [0.29, 0.717) is 24.8 Å². The van der Waals surface area contributed by atoms with Gasteiger partial charge in [0.1, 0.15) is 6.10 Å². The molecular weight excluding hydrogens is 476 g/mol. The van der Waals surface area contributed by atoms with E-state index in [1.165, 1.54) is 13.8 Å². The first-order valence-electron chi connectivity index (χ1n) is 13.2. The van der Waals surface area contributed by atoms with Gasteiger partial charge in [0.05, 0.1) is 11.5 Å². The molecule has 0 aromatic carbocycles. The molecule has 8 heteroatoms. The number of hydrogen-bond acceptors (Lipinski definition) is 8. The van der Waals surface area contributed by atoms with Crippen LogP contribution in [0.3, 0.4) is 0 Å². The molecule has 1 spiro atoms. The van der Waals surface area contributed by atoms with Crippen molar-refractivity contribution in [2.45, 2.75) is 97.9 Å². The summed E-state index contributed by atoms with van der Waals surface area (Å²) in [6.07, 6.45) is 4.06. The standard InChI is InChI=1S/C29H42O8/c1-9-11-25(32)36-26-22-15-21(34-19(5)30)16-23-28(7,13-12-17(3)10-2)18(4)14-24(33-8)29(22,23)27(37-26)35-20(6)31/h10,15,18,21,23-24,26-27H,2-3,9,11-14,16H2,1,4-8H3/t18-,21-,23+,24+,26+,27+,28-,29?/m1/s1. The Kier molecular flexibility index (Phi) is 9.06. The summed E-state index contributed by atoms with van der Waals surface area (Å²) in [6, 6.07) is 0. The molecule has 0 aromatic heterocycles. The third-order valence-electron chi connectivity index (χ3n) is 8.66. The van der Waals surface area contributed by atoms with Gasteiger partial charge in [0.25, 0.3) is 0 Å². The normalized spacial score (nSPS) is 36.4. The lowest BCUT2D eigenvalue weighted by atomic mass is 9.45. The minimum Gasteiger partial charge on any atom is -0.458 e. The van der Waals surface area contributed by atoms with Crippen LogP contribution in [-0.2, 0) is 38.1 Å². The van der Waals surface area contributed by atoms with Crippen molar-refractivity contribution in [3.8, 4) is 0 Å². The average Bonchev–Trinajstić information content (AvgIpc) is 3.11. The van der Waals surface area contributed by atoms with Gasteiger partial charge in [0.15, 0.2) is 0 Å². The minimum atomic E-state index is -1.08. The molecule has 1 heterocycles. The number of methoxy groups -OCH3 is 1. The van der Waals surface area contributed by atoms with Crippen molar-refractivity contribution in [1.29, 1.82) is 0 Å². The summed E-state index contributed by atoms with van der Waals surface area (Å²) in [5.74, 6) is -1.30. The Hall–Kier alpha value is -2.45. The van der Waals surface area contributed by atoms with Gasteiger partial charge in [0, 0.05) is 33.0 Å². The van der Waals surface area contributed by atoms with Crippen LogP contribution in [0.4, 0.5) is 0 Å². The topological polar surface area (TPSA) is 97.4 Å². The van der Waals surface area contributed by atoms with Crippen molar-refractivity contribution in [2.75, 3.05) is 7.11 Å². The first-order valence-corrected chi connectivity index (χ1v) is 13.2. The molecule has 8 nitrogen and oxygen atoms in total. The van der Waals surface area contributed by atoms with Crippen molar-refractivity contribution >= 4 is 17.9 Å². The molecular formula is C29H42O8. The van der Waals surface area contributed by atoms with Gasteiger partial charge in [0.2, 0.25) is 12.6 Å². The molecule has 0 bridgehead atoms. The van der Waals surface area contributed by atoms with Crippen LogP contribution in [0.5, 0.6) is 0 Å². The van der Waals surface area contributed by atoms with E-state index in [9.17, 15) is 14.4 Å². The summed E-state index contributed by atoms with van der Waals surface area (Å²) in [7, 11) is 1.64. The molecule has 3 aliphatic rings. The maximum Gasteiger partial charge on any atom is 0.308 e. The number of hydrogen-bond donors (Lipinski definition) is 0. The van der Waals surface area contributed by atoms with E-state index in [1.54, 1.807) is 13.2 Å².